The first kappa shape index (κ1) is 15.7. The van der Waals surface area contributed by atoms with Crippen LogP contribution in [0.2, 0.25) is 0 Å². The molecule has 0 amide bonds. The Morgan fingerprint density at radius 1 is 1.30 bits per heavy atom. The zero-order valence-corrected chi connectivity index (χ0v) is 16.5. The van der Waals surface area contributed by atoms with E-state index in [-0.39, 0.29) is 17.4 Å². The molecule has 5 heteroatoms. The first-order valence-corrected chi connectivity index (χ1v) is 10.4. The van der Waals surface area contributed by atoms with Crippen molar-refractivity contribution in [3.63, 3.8) is 0 Å². The van der Waals surface area contributed by atoms with E-state index in [1.807, 2.05) is 18.2 Å². The minimum absolute atomic E-state index is 0.00926. The van der Waals surface area contributed by atoms with Crippen molar-refractivity contribution in [2.45, 2.75) is 39.7 Å². The summed E-state index contributed by atoms with van der Waals surface area (Å²) < 4.78 is 29.5. The summed E-state index contributed by atoms with van der Waals surface area (Å²) in [5.74, 6) is -0.0177. The number of sulfonamides is 1. The largest absolute Gasteiger partial charge is 0.262 e. The van der Waals surface area contributed by atoms with Crippen molar-refractivity contribution >= 4 is 38.3 Å². The monoisotopic (exact) mass is 441 g/mol. The van der Waals surface area contributed by atoms with E-state index in [0.29, 0.717) is 4.91 Å². The Kier molecular flexibility index (Phi) is 3.31. The molecule has 0 spiro atoms. The lowest BCUT2D eigenvalue weighted by Crippen LogP contribution is -2.56. The molecule has 23 heavy (non-hydrogen) atoms. The number of anilines is 1. The summed E-state index contributed by atoms with van der Waals surface area (Å²) in [5, 5.41) is 0. The zero-order chi connectivity index (χ0) is 16.6. The van der Waals surface area contributed by atoms with Gasteiger partial charge in [0.15, 0.2) is 0 Å². The third kappa shape index (κ3) is 2.08. The molecule has 0 bridgehead atoms. The lowest BCUT2D eigenvalue weighted by atomic mass is 9.69. The molecule has 122 valence electrons. The molecule has 0 aromatic heterocycles. The highest BCUT2D eigenvalue weighted by Gasteiger charge is 2.56. The van der Waals surface area contributed by atoms with Crippen molar-refractivity contribution in [2.75, 3.05) is 4.31 Å². The number of benzene rings is 1. The Morgan fingerprint density at radius 3 is 2.78 bits per heavy atom. The van der Waals surface area contributed by atoms with Crippen molar-refractivity contribution in [1.82, 2.24) is 0 Å². The maximum Gasteiger partial charge on any atom is 0.261 e. The molecule has 0 N–H and O–H groups in total. The number of halogens is 1. The Morgan fingerprint density at radius 2 is 2.04 bits per heavy atom. The van der Waals surface area contributed by atoms with Crippen LogP contribution < -0.4 is 4.31 Å². The third-order valence-corrected chi connectivity index (χ3v) is 8.23. The van der Waals surface area contributed by atoms with Gasteiger partial charge in [-0.05, 0) is 71.5 Å². The topological polar surface area (TPSA) is 37.4 Å². The van der Waals surface area contributed by atoms with Crippen LogP contribution in [0.4, 0.5) is 5.69 Å². The molecule has 0 unspecified atom stereocenters. The summed E-state index contributed by atoms with van der Waals surface area (Å²) in [6, 6.07) is 6.08. The minimum Gasteiger partial charge on any atom is -0.262 e. The van der Waals surface area contributed by atoms with E-state index in [4.69, 9.17) is 0 Å². The van der Waals surface area contributed by atoms with E-state index < -0.39 is 10.0 Å². The molecule has 1 saturated heterocycles. The fourth-order valence-electron chi connectivity index (χ4n) is 4.25. The normalized spacial score (nSPS) is 30.0. The van der Waals surface area contributed by atoms with Gasteiger partial charge in [0.25, 0.3) is 10.0 Å². The van der Waals surface area contributed by atoms with Crippen LogP contribution in [0.3, 0.4) is 0 Å². The lowest BCUT2D eigenvalue weighted by molar-refractivity contribution is 0.228. The van der Waals surface area contributed by atoms with Crippen molar-refractivity contribution in [1.29, 1.82) is 0 Å². The van der Waals surface area contributed by atoms with Gasteiger partial charge in [0.05, 0.1) is 16.6 Å². The van der Waals surface area contributed by atoms with Gasteiger partial charge in [-0.1, -0.05) is 31.6 Å². The first-order chi connectivity index (χ1) is 10.7. The van der Waals surface area contributed by atoms with Gasteiger partial charge < -0.3 is 0 Å². The molecular formula is C18H20INO2S. The second-order valence-electron chi connectivity index (χ2n) is 7.42. The van der Waals surface area contributed by atoms with Gasteiger partial charge in [-0.15, -0.1) is 0 Å². The minimum atomic E-state index is -3.43. The van der Waals surface area contributed by atoms with E-state index in [0.717, 1.165) is 27.7 Å². The van der Waals surface area contributed by atoms with E-state index in [1.54, 1.807) is 4.31 Å². The third-order valence-electron chi connectivity index (χ3n) is 5.58. The van der Waals surface area contributed by atoms with Crippen LogP contribution in [0.1, 0.15) is 32.8 Å². The lowest BCUT2D eigenvalue weighted by Gasteiger charge is -2.49. The fraction of sp³-hybridized carbons (Fsp3) is 0.444. The number of fused-ring (bicyclic) bond motifs is 4. The molecule has 1 aromatic rings. The van der Waals surface area contributed by atoms with Gasteiger partial charge in [0, 0.05) is 9.49 Å². The van der Waals surface area contributed by atoms with Gasteiger partial charge in [-0.25, -0.2) is 8.42 Å². The standard InChI is InChI=1S/C18H20INO2S/c1-11-4-7-16-14(8-11)18(2,3)17-10-12-9-13(19)5-6-15(12)20(17)23(16,21)22/h5-9,14,17H,4,10H2,1-3H3/t14-,17-/m1/s1. The van der Waals surface area contributed by atoms with Crippen LogP contribution in [0, 0.1) is 14.9 Å². The van der Waals surface area contributed by atoms with Crippen LogP contribution in [0.25, 0.3) is 0 Å². The molecular weight excluding hydrogens is 421 g/mol. The average Bonchev–Trinajstić information content (AvgIpc) is 2.86. The molecule has 1 fully saturated rings. The Bertz CT molecular complexity index is 867. The highest BCUT2D eigenvalue weighted by atomic mass is 127. The summed E-state index contributed by atoms with van der Waals surface area (Å²) >= 11 is 2.29. The molecule has 3 aliphatic rings. The van der Waals surface area contributed by atoms with Crippen molar-refractivity contribution in [3.8, 4) is 0 Å². The summed E-state index contributed by atoms with van der Waals surface area (Å²) in [5.41, 5.74) is 3.16. The summed E-state index contributed by atoms with van der Waals surface area (Å²) in [6.45, 7) is 6.52. The van der Waals surface area contributed by atoms with Crippen LogP contribution in [-0.2, 0) is 16.4 Å². The highest BCUT2D eigenvalue weighted by molar-refractivity contribution is 14.1. The number of hydrogen-bond donors (Lipinski definition) is 0. The number of nitrogens with zero attached hydrogens (tertiary/aromatic N) is 1. The summed E-state index contributed by atoms with van der Waals surface area (Å²) in [4.78, 5) is 0.593. The molecule has 0 radical (unpaired) electrons. The van der Waals surface area contributed by atoms with Gasteiger partial charge in [-0.3, -0.25) is 4.31 Å². The molecule has 2 aliphatic heterocycles. The summed E-state index contributed by atoms with van der Waals surface area (Å²) in [7, 11) is -3.43. The van der Waals surface area contributed by atoms with Crippen molar-refractivity contribution in [3.05, 3.63) is 50.0 Å². The zero-order valence-electron chi connectivity index (χ0n) is 13.5. The number of hydrogen-bond acceptors (Lipinski definition) is 2. The number of rotatable bonds is 0. The molecule has 1 aromatic carbocycles. The van der Waals surface area contributed by atoms with E-state index in [9.17, 15) is 8.42 Å². The molecule has 2 atom stereocenters. The van der Waals surface area contributed by atoms with Crippen LogP contribution in [-0.4, -0.2) is 14.5 Å². The predicted molar refractivity (Wildman–Crippen MR) is 102 cm³/mol. The fourth-order valence-corrected chi connectivity index (χ4v) is 7.13. The van der Waals surface area contributed by atoms with Gasteiger partial charge >= 0.3 is 0 Å². The molecule has 4 rings (SSSR count). The van der Waals surface area contributed by atoms with Crippen molar-refractivity contribution in [2.24, 2.45) is 11.3 Å². The Hall–Kier alpha value is -0.820. The van der Waals surface area contributed by atoms with E-state index in [1.165, 1.54) is 5.57 Å². The van der Waals surface area contributed by atoms with Gasteiger partial charge in [-0.2, -0.15) is 0 Å². The average molecular weight is 441 g/mol. The smallest absolute Gasteiger partial charge is 0.261 e. The van der Waals surface area contributed by atoms with Gasteiger partial charge in [0.2, 0.25) is 0 Å². The number of allylic oxidation sites excluding steroid dienone is 4. The maximum absolute atomic E-state index is 13.3. The second-order valence-corrected chi connectivity index (χ2v) is 10.5. The molecule has 3 nitrogen and oxygen atoms in total. The van der Waals surface area contributed by atoms with Crippen LogP contribution in [0.15, 0.2) is 40.8 Å². The Balaban J connectivity index is 1.94. The predicted octanol–water partition coefficient (Wildman–Crippen LogP) is 4.24. The van der Waals surface area contributed by atoms with Gasteiger partial charge in [0.1, 0.15) is 0 Å². The van der Waals surface area contributed by atoms with Crippen LogP contribution in [0.5, 0.6) is 0 Å². The molecule has 0 saturated carbocycles. The molecule has 1 aliphatic carbocycles. The quantitative estimate of drug-likeness (QED) is 0.446. The van der Waals surface area contributed by atoms with E-state index >= 15 is 0 Å². The second kappa shape index (κ2) is 4.85. The Labute approximate surface area is 151 Å². The summed E-state index contributed by atoms with van der Waals surface area (Å²) in [6.07, 6.45) is 5.64. The SMILES string of the molecule is CC1=C[C@@H]2C(=CC1)S(=O)(=O)N1c3ccc(I)cc3C[C@@H]1C2(C)C. The molecule has 2 heterocycles. The van der Waals surface area contributed by atoms with E-state index in [2.05, 4.69) is 55.5 Å². The first-order valence-electron chi connectivity index (χ1n) is 7.93. The maximum atomic E-state index is 13.3. The highest BCUT2D eigenvalue weighted by Crippen LogP contribution is 2.55. The van der Waals surface area contributed by atoms with Crippen LogP contribution >= 0.6 is 22.6 Å². The van der Waals surface area contributed by atoms with Crippen molar-refractivity contribution < 1.29 is 8.42 Å².